The van der Waals surface area contributed by atoms with Crippen molar-refractivity contribution in [2.45, 2.75) is 25.4 Å². The number of hydrogen-bond donors (Lipinski definition) is 5. The van der Waals surface area contributed by atoms with Crippen LogP contribution in [0.4, 0.5) is 0 Å². The largest absolute Gasteiger partial charge is 0.351 e. The summed E-state index contributed by atoms with van der Waals surface area (Å²) < 4.78 is 0. The highest BCUT2D eigenvalue weighted by Crippen LogP contribution is 1.96. The monoisotopic (exact) mass is 240 g/mol. The van der Waals surface area contributed by atoms with E-state index < -0.39 is 23.9 Å². The van der Waals surface area contributed by atoms with Gasteiger partial charge in [0, 0.05) is 12.6 Å². The van der Waals surface area contributed by atoms with E-state index in [0.29, 0.717) is 12.1 Å². The number of carbonyl (C=O) groups is 2. The van der Waals surface area contributed by atoms with E-state index in [9.17, 15) is 9.59 Å². The van der Waals surface area contributed by atoms with Crippen molar-refractivity contribution in [3.63, 3.8) is 0 Å². The lowest BCUT2D eigenvalue weighted by molar-refractivity contribution is -0.129. The average molecular weight is 240 g/mol. The van der Waals surface area contributed by atoms with Crippen LogP contribution in [0, 0.1) is 0 Å². The van der Waals surface area contributed by atoms with Crippen molar-refractivity contribution in [2.24, 2.45) is 11.6 Å². The average Bonchev–Trinajstić information content (AvgIpc) is 2.80. The summed E-state index contributed by atoms with van der Waals surface area (Å²) >= 11 is 0. The third-order valence-corrected chi connectivity index (χ3v) is 2.21. The topological polar surface area (TPSA) is 139 Å². The Morgan fingerprint density at radius 1 is 1.53 bits per heavy atom. The zero-order valence-electron chi connectivity index (χ0n) is 9.43. The second-order valence-electron chi connectivity index (χ2n) is 3.61. The number of nitrogens with two attached hydrogens (primary N) is 2. The second kappa shape index (κ2) is 5.97. The molecule has 1 heterocycles. The van der Waals surface area contributed by atoms with Crippen molar-refractivity contribution in [3.05, 3.63) is 18.2 Å². The summed E-state index contributed by atoms with van der Waals surface area (Å²) in [6, 6.07) is -1.48. The molecule has 0 radical (unpaired) electrons. The summed E-state index contributed by atoms with van der Waals surface area (Å²) in [5, 5.41) is 2.45. The number of hydrazine groups is 1. The van der Waals surface area contributed by atoms with Gasteiger partial charge in [-0.3, -0.25) is 15.0 Å². The van der Waals surface area contributed by atoms with Crippen LogP contribution in [0.15, 0.2) is 12.5 Å². The first-order chi connectivity index (χ1) is 8.04. The Morgan fingerprint density at radius 3 is 2.76 bits per heavy atom. The maximum atomic E-state index is 11.6. The lowest BCUT2D eigenvalue weighted by atomic mass is 10.1. The van der Waals surface area contributed by atoms with Crippen molar-refractivity contribution in [2.75, 3.05) is 0 Å². The molecule has 2 atom stereocenters. The minimum Gasteiger partial charge on any atom is -0.351 e. The van der Waals surface area contributed by atoms with E-state index in [-0.39, 0.29) is 0 Å². The minimum atomic E-state index is -0.758. The number of aromatic nitrogens is 2. The molecule has 1 aromatic heterocycles. The summed E-state index contributed by atoms with van der Waals surface area (Å²) in [5.74, 6) is 4.03. The lowest BCUT2D eigenvalue weighted by Gasteiger charge is -2.15. The predicted octanol–water partition coefficient (Wildman–Crippen LogP) is -2.23. The van der Waals surface area contributed by atoms with E-state index in [1.807, 2.05) is 5.43 Å². The van der Waals surface area contributed by atoms with Gasteiger partial charge in [-0.1, -0.05) is 0 Å². The fraction of sp³-hybridized carbons (Fsp3) is 0.444. The molecule has 1 rings (SSSR count). The van der Waals surface area contributed by atoms with Crippen molar-refractivity contribution < 1.29 is 9.59 Å². The van der Waals surface area contributed by atoms with Crippen molar-refractivity contribution >= 4 is 11.8 Å². The van der Waals surface area contributed by atoms with E-state index in [1.165, 1.54) is 13.3 Å². The molecule has 0 bridgehead atoms. The van der Waals surface area contributed by atoms with Crippen LogP contribution in [0.5, 0.6) is 0 Å². The molecule has 0 aliphatic carbocycles. The first kappa shape index (κ1) is 13.1. The molecule has 7 N–H and O–H groups in total. The van der Waals surface area contributed by atoms with E-state index in [4.69, 9.17) is 11.6 Å². The minimum absolute atomic E-state index is 0.298. The molecule has 0 aliphatic rings. The SMILES string of the molecule is C[C@H](NC(=O)[C@@H](N)Cc1c[nH]cn1)C(=O)NN. The molecule has 0 saturated heterocycles. The van der Waals surface area contributed by atoms with E-state index in [1.54, 1.807) is 6.20 Å². The number of nitrogens with zero attached hydrogens (tertiary/aromatic N) is 1. The number of rotatable bonds is 5. The molecule has 17 heavy (non-hydrogen) atoms. The van der Waals surface area contributed by atoms with Gasteiger partial charge < -0.3 is 16.0 Å². The molecule has 0 unspecified atom stereocenters. The Kier molecular flexibility index (Phi) is 4.61. The van der Waals surface area contributed by atoms with Crippen molar-refractivity contribution in [1.82, 2.24) is 20.7 Å². The van der Waals surface area contributed by atoms with Crippen molar-refractivity contribution in [1.29, 1.82) is 0 Å². The van der Waals surface area contributed by atoms with Crippen LogP contribution in [0.2, 0.25) is 0 Å². The van der Waals surface area contributed by atoms with Gasteiger partial charge >= 0.3 is 0 Å². The Labute approximate surface area is 98.1 Å². The number of H-pyrrole nitrogens is 1. The fourth-order valence-electron chi connectivity index (χ4n) is 1.23. The van der Waals surface area contributed by atoms with Crippen molar-refractivity contribution in [3.8, 4) is 0 Å². The fourth-order valence-corrected chi connectivity index (χ4v) is 1.23. The summed E-state index contributed by atoms with van der Waals surface area (Å²) in [7, 11) is 0. The smallest absolute Gasteiger partial charge is 0.256 e. The van der Waals surface area contributed by atoms with Crippen LogP contribution in [-0.2, 0) is 16.0 Å². The molecule has 8 nitrogen and oxygen atoms in total. The summed E-state index contributed by atoms with van der Waals surface area (Å²) in [4.78, 5) is 29.4. The Bertz CT molecular complexity index is 377. The van der Waals surface area contributed by atoms with Gasteiger partial charge in [0.1, 0.15) is 6.04 Å². The number of amides is 2. The van der Waals surface area contributed by atoms with Crippen LogP contribution in [0.25, 0.3) is 0 Å². The van der Waals surface area contributed by atoms with Crippen LogP contribution >= 0.6 is 0 Å². The van der Waals surface area contributed by atoms with Crippen LogP contribution < -0.4 is 22.3 Å². The van der Waals surface area contributed by atoms with Gasteiger partial charge in [-0.25, -0.2) is 10.8 Å². The molecule has 0 aromatic carbocycles. The Morgan fingerprint density at radius 2 is 2.24 bits per heavy atom. The highest BCUT2D eigenvalue weighted by atomic mass is 16.2. The third-order valence-electron chi connectivity index (χ3n) is 2.21. The van der Waals surface area contributed by atoms with Gasteiger partial charge in [0.05, 0.1) is 18.1 Å². The maximum absolute atomic E-state index is 11.6. The number of imidazole rings is 1. The molecular weight excluding hydrogens is 224 g/mol. The number of aromatic amines is 1. The first-order valence-electron chi connectivity index (χ1n) is 5.08. The van der Waals surface area contributed by atoms with Gasteiger partial charge in [0.2, 0.25) is 5.91 Å². The summed E-state index contributed by atoms with van der Waals surface area (Å²) in [5.41, 5.74) is 8.30. The number of nitrogens with one attached hydrogen (secondary N) is 3. The summed E-state index contributed by atoms with van der Waals surface area (Å²) in [6.45, 7) is 1.52. The highest BCUT2D eigenvalue weighted by Gasteiger charge is 2.20. The molecule has 2 amide bonds. The lowest BCUT2D eigenvalue weighted by Crippen LogP contribution is -2.52. The first-order valence-corrected chi connectivity index (χ1v) is 5.08. The third kappa shape index (κ3) is 3.85. The van der Waals surface area contributed by atoms with E-state index in [0.717, 1.165) is 0 Å². The molecule has 94 valence electrons. The molecule has 0 spiro atoms. The Balaban J connectivity index is 2.44. The Hall–Kier alpha value is -1.93. The molecule has 0 fully saturated rings. The quantitative estimate of drug-likeness (QED) is 0.225. The van der Waals surface area contributed by atoms with Crippen LogP contribution in [-0.4, -0.2) is 33.9 Å². The molecule has 0 aliphatic heterocycles. The van der Waals surface area contributed by atoms with Crippen LogP contribution in [0.1, 0.15) is 12.6 Å². The standard InChI is InChI=1S/C9H16N6O2/c1-5(8(16)15-11)14-9(17)7(10)2-6-3-12-4-13-6/h3-5,7H,2,10-11H2,1H3,(H,12,13)(H,14,17)(H,15,16)/t5-,7-/m0/s1. The van der Waals surface area contributed by atoms with Gasteiger partial charge in [-0.05, 0) is 6.92 Å². The zero-order valence-corrected chi connectivity index (χ0v) is 9.43. The summed E-state index contributed by atoms with van der Waals surface area (Å²) in [6.07, 6.45) is 3.46. The second-order valence-corrected chi connectivity index (χ2v) is 3.61. The zero-order chi connectivity index (χ0) is 12.8. The highest BCUT2D eigenvalue weighted by molar-refractivity contribution is 5.89. The molecule has 0 saturated carbocycles. The van der Waals surface area contributed by atoms with Gasteiger partial charge in [-0.2, -0.15) is 0 Å². The molecular formula is C9H16N6O2. The predicted molar refractivity (Wildman–Crippen MR) is 60.2 cm³/mol. The van der Waals surface area contributed by atoms with E-state index >= 15 is 0 Å². The normalized spacial score (nSPS) is 13.8. The van der Waals surface area contributed by atoms with Gasteiger partial charge in [0.25, 0.3) is 5.91 Å². The van der Waals surface area contributed by atoms with Gasteiger partial charge in [0.15, 0.2) is 0 Å². The number of hydrogen-bond acceptors (Lipinski definition) is 5. The molecule has 1 aromatic rings. The van der Waals surface area contributed by atoms with Gasteiger partial charge in [-0.15, -0.1) is 0 Å². The molecule has 8 heteroatoms. The van der Waals surface area contributed by atoms with E-state index in [2.05, 4.69) is 15.3 Å². The van der Waals surface area contributed by atoms with Crippen LogP contribution in [0.3, 0.4) is 0 Å². The maximum Gasteiger partial charge on any atom is 0.256 e. The number of carbonyl (C=O) groups excluding carboxylic acids is 2.